The highest BCUT2D eigenvalue weighted by Gasteiger charge is 2.20. The van der Waals surface area contributed by atoms with Gasteiger partial charge >= 0.3 is 0 Å². The molecule has 2 rings (SSSR count). The molecular formula is C20H35N5. The van der Waals surface area contributed by atoms with E-state index in [0.717, 1.165) is 38.7 Å². The Balaban J connectivity index is 1.82. The monoisotopic (exact) mass is 345 g/mol. The van der Waals surface area contributed by atoms with Crippen molar-refractivity contribution in [3.05, 3.63) is 35.4 Å². The molecule has 1 unspecified atom stereocenters. The van der Waals surface area contributed by atoms with Crippen molar-refractivity contribution >= 4 is 5.96 Å². The van der Waals surface area contributed by atoms with Crippen LogP contribution in [0.1, 0.15) is 25.0 Å². The third-order valence-electron chi connectivity index (χ3n) is 5.28. The predicted octanol–water partition coefficient (Wildman–Crippen LogP) is 2.03. The number of guanidine groups is 1. The van der Waals surface area contributed by atoms with Crippen LogP contribution in [0.5, 0.6) is 0 Å². The van der Waals surface area contributed by atoms with Crippen molar-refractivity contribution in [2.75, 3.05) is 53.4 Å². The Labute approximate surface area is 153 Å². The van der Waals surface area contributed by atoms with Gasteiger partial charge in [-0.05, 0) is 31.5 Å². The Kier molecular flexibility index (Phi) is 7.72. The summed E-state index contributed by atoms with van der Waals surface area (Å²) in [6, 6.07) is 9.06. The molecule has 0 radical (unpaired) electrons. The molecule has 1 aromatic rings. The Morgan fingerprint density at radius 3 is 2.52 bits per heavy atom. The summed E-state index contributed by atoms with van der Waals surface area (Å²) < 4.78 is 0. The van der Waals surface area contributed by atoms with E-state index in [1.54, 1.807) is 0 Å². The first-order valence-electron chi connectivity index (χ1n) is 9.47. The molecule has 5 heteroatoms. The molecule has 1 atom stereocenters. The lowest BCUT2D eigenvalue weighted by Gasteiger charge is -2.38. The van der Waals surface area contributed by atoms with Crippen molar-refractivity contribution in [2.45, 2.75) is 33.4 Å². The van der Waals surface area contributed by atoms with Gasteiger partial charge in [0.15, 0.2) is 5.96 Å². The summed E-state index contributed by atoms with van der Waals surface area (Å²) in [7, 11) is 3.97. The maximum atomic E-state index is 4.46. The highest BCUT2D eigenvalue weighted by atomic mass is 15.3. The minimum atomic E-state index is 0.516. The van der Waals surface area contributed by atoms with Gasteiger partial charge in [-0.1, -0.05) is 31.2 Å². The highest BCUT2D eigenvalue weighted by molar-refractivity contribution is 5.79. The highest BCUT2D eigenvalue weighted by Crippen LogP contribution is 2.10. The van der Waals surface area contributed by atoms with E-state index in [1.807, 2.05) is 7.05 Å². The van der Waals surface area contributed by atoms with Crippen LogP contribution in [0.4, 0.5) is 0 Å². The summed E-state index contributed by atoms with van der Waals surface area (Å²) >= 11 is 0. The van der Waals surface area contributed by atoms with Crippen LogP contribution >= 0.6 is 0 Å². The van der Waals surface area contributed by atoms with E-state index in [1.165, 1.54) is 24.2 Å². The van der Waals surface area contributed by atoms with Gasteiger partial charge < -0.3 is 15.1 Å². The topological polar surface area (TPSA) is 34.1 Å². The number of aryl methyl sites for hydroxylation is 1. The van der Waals surface area contributed by atoms with Crippen molar-refractivity contribution < 1.29 is 0 Å². The fraction of sp³-hybridized carbons (Fsp3) is 0.650. The Morgan fingerprint density at radius 1 is 1.24 bits per heavy atom. The number of rotatable bonds is 6. The van der Waals surface area contributed by atoms with Crippen molar-refractivity contribution in [2.24, 2.45) is 4.99 Å². The average Bonchev–Trinajstić information content (AvgIpc) is 2.64. The van der Waals surface area contributed by atoms with E-state index >= 15 is 0 Å². The van der Waals surface area contributed by atoms with Gasteiger partial charge in [0.05, 0.1) is 0 Å². The standard InChI is InChI=1S/C20H35N5/c1-6-24-11-13-25(14-12-24)18(3)15-22-20(21-4)23(5)16-19-10-8-7-9-17(19)2/h7-10,18H,6,11-16H2,1-5H3,(H,21,22). The molecule has 1 aromatic carbocycles. The molecule has 1 aliphatic heterocycles. The zero-order chi connectivity index (χ0) is 18.2. The van der Waals surface area contributed by atoms with E-state index in [4.69, 9.17) is 0 Å². The molecular weight excluding hydrogens is 310 g/mol. The molecule has 1 heterocycles. The number of hydrogen-bond donors (Lipinski definition) is 1. The van der Waals surface area contributed by atoms with Crippen LogP contribution in [0.15, 0.2) is 29.3 Å². The number of nitrogens with one attached hydrogen (secondary N) is 1. The van der Waals surface area contributed by atoms with Gasteiger partial charge in [-0.25, -0.2) is 0 Å². The van der Waals surface area contributed by atoms with Crippen molar-refractivity contribution in [3.63, 3.8) is 0 Å². The summed E-state index contributed by atoms with van der Waals surface area (Å²) in [5.74, 6) is 0.960. The quantitative estimate of drug-likeness (QED) is 0.632. The lowest BCUT2D eigenvalue weighted by Crippen LogP contribution is -2.53. The zero-order valence-electron chi connectivity index (χ0n) is 16.6. The Bertz CT molecular complexity index is 549. The van der Waals surface area contributed by atoms with E-state index in [-0.39, 0.29) is 0 Å². The molecule has 1 aliphatic rings. The smallest absolute Gasteiger partial charge is 0.193 e. The molecule has 1 saturated heterocycles. The van der Waals surface area contributed by atoms with Crippen molar-refractivity contribution in [3.8, 4) is 0 Å². The third-order valence-corrected chi connectivity index (χ3v) is 5.28. The Hall–Kier alpha value is -1.59. The third kappa shape index (κ3) is 5.72. The number of piperazine rings is 1. The number of nitrogens with zero attached hydrogens (tertiary/aromatic N) is 4. The van der Waals surface area contributed by atoms with Gasteiger partial charge in [0, 0.05) is 59.4 Å². The van der Waals surface area contributed by atoms with Gasteiger partial charge in [-0.2, -0.15) is 0 Å². The van der Waals surface area contributed by atoms with Gasteiger partial charge in [-0.3, -0.25) is 9.89 Å². The van der Waals surface area contributed by atoms with E-state index < -0.39 is 0 Å². The van der Waals surface area contributed by atoms with Gasteiger partial charge in [0.25, 0.3) is 0 Å². The SMILES string of the molecule is CCN1CCN(C(C)CNC(=NC)N(C)Cc2ccccc2C)CC1. The van der Waals surface area contributed by atoms with Crippen molar-refractivity contribution in [1.82, 2.24) is 20.0 Å². The summed E-state index contributed by atoms with van der Waals surface area (Å²) in [4.78, 5) is 11.8. The second kappa shape index (κ2) is 9.78. The molecule has 0 amide bonds. The first kappa shape index (κ1) is 19.7. The molecule has 0 aromatic heterocycles. The van der Waals surface area contributed by atoms with Crippen LogP contribution in [0, 0.1) is 6.92 Å². The summed E-state index contributed by atoms with van der Waals surface area (Å²) in [5.41, 5.74) is 2.67. The Morgan fingerprint density at radius 2 is 1.92 bits per heavy atom. The van der Waals surface area contributed by atoms with Gasteiger partial charge in [0.1, 0.15) is 0 Å². The van der Waals surface area contributed by atoms with Crippen molar-refractivity contribution in [1.29, 1.82) is 0 Å². The van der Waals surface area contributed by atoms with Crippen LogP contribution in [-0.4, -0.2) is 80.1 Å². The molecule has 0 spiro atoms. The number of hydrogen-bond acceptors (Lipinski definition) is 3. The molecule has 140 valence electrons. The van der Waals surface area contributed by atoms with Crippen LogP contribution in [0.3, 0.4) is 0 Å². The van der Waals surface area contributed by atoms with Crippen LogP contribution in [-0.2, 0) is 6.54 Å². The molecule has 1 N–H and O–H groups in total. The molecule has 25 heavy (non-hydrogen) atoms. The van der Waals surface area contributed by atoms with E-state index in [0.29, 0.717) is 6.04 Å². The lowest BCUT2D eigenvalue weighted by atomic mass is 10.1. The summed E-state index contributed by atoms with van der Waals surface area (Å²) in [5, 5.41) is 3.55. The number of benzene rings is 1. The zero-order valence-corrected chi connectivity index (χ0v) is 16.6. The molecule has 5 nitrogen and oxygen atoms in total. The maximum Gasteiger partial charge on any atom is 0.193 e. The van der Waals surface area contributed by atoms with E-state index in [9.17, 15) is 0 Å². The largest absolute Gasteiger partial charge is 0.355 e. The average molecular weight is 346 g/mol. The van der Waals surface area contributed by atoms with Crippen LogP contribution in [0.2, 0.25) is 0 Å². The second-order valence-corrected chi connectivity index (χ2v) is 7.03. The first-order valence-corrected chi connectivity index (χ1v) is 9.47. The van der Waals surface area contributed by atoms with Crippen LogP contribution in [0.25, 0.3) is 0 Å². The predicted molar refractivity (Wildman–Crippen MR) is 107 cm³/mol. The molecule has 0 aliphatic carbocycles. The number of likely N-dealkylation sites (N-methyl/N-ethyl adjacent to an activating group) is 1. The molecule has 0 bridgehead atoms. The van der Waals surface area contributed by atoms with Gasteiger partial charge in [-0.15, -0.1) is 0 Å². The lowest BCUT2D eigenvalue weighted by molar-refractivity contribution is 0.107. The van der Waals surface area contributed by atoms with Crippen LogP contribution < -0.4 is 5.32 Å². The normalized spacial score (nSPS) is 18.2. The fourth-order valence-electron chi connectivity index (χ4n) is 3.39. The van der Waals surface area contributed by atoms with E-state index in [2.05, 4.69) is 77.1 Å². The second-order valence-electron chi connectivity index (χ2n) is 7.03. The van der Waals surface area contributed by atoms with Gasteiger partial charge in [0.2, 0.25) is 0 Å². The molecule has 0 saturated carbocycles. The minimum Gasteiger partial charge on any atom is -0.355 e. The maximum absolute atomic E-state index is 4.46. The number of aliphatic imine (C=N–C) groups is 1. The minimum absolute atomic E-state index is 0.516. The summed E-state index contributed by atoms with van der Waals surface area (Å²) in [6.45, 7) is 14.4. The molecule has 1 fully saturated rings. The first-order chi connectivity index (χ1) is 12.0. The fourth-order valence-corrected chi connectivity index (χ4v) is 3.39. The summed E-state index contributed by atoms with van der Waals surface area (Å²) in [6.07, 6.45) is 0.